The molecule has 3 aromatic rings. The number of benzene rings is 2. The van der Waals surface area contributed by atoms with Crippen LogP contribution in [0.2, 0.25) is 0 Å². The molecule has 2 heterocycles. The lowest BCUT2D eigenvalue weighted by molar-refractivity contribution is -0.117. The highest BCUT2D eigenvalue weighted by Gasteiger charge is 2.27. The van der Waals surface area contributed by atoms with Crippen molar-refractivity contribution in [3.05, 3.63) is 71.6 Å². The van der Waals surface area contributed by atoms with Crippen molar-refractivity contribution < 1.29 is 9.21 Å². The minimum Gasteiger partial charge on any atom is -0.416 e. The van der Waals surface area contributed by atoms with E-state index in [4.69, 9.17) is 4.42 Å². The van der Waals surface area contributed by atoms with Gasteiger partial charge in [0.05, 0.1) is 11.7 Å². The third kappa shape index (κ3) is 4.06. The molecule has 1 aromatic heterocycles. The van der Waals surface area contributed by atoms with Crippen molar-refractivity contribution in [2.75, 3.05) is 11.4 Å². The lowest BCUT2D eigenvalue weighted by Gasteiger charge is -2.31. The zero-order valence-electron chi connectivity index (χ0n) is 15.2. The SMILES string of the molecule is CC(Sc1nnc(Cc2ccccc2)o1)C(=O)N1CCCc2ccccc21. The van der Waals surface area contributed by atoms with Gasteiger partial charge in [-0.05, 0) is 37.0 Å². The molecule has 0 spiro atoms. The number of fused-ring (bicyclic) bond motifs is 1. The van der Waals surface area contributed by atoms with Gasteiger partial charge in [0.2, 0.25) is 11.8 Å². The van der Waals surface area contributed by atoms with Crippen LogP contribution >= 0.6 is 11.8 Å². The molecule has 138 valence electrons. The summed E-state index contributed by atoms with van der Waals surface area (Å²) in [5.74, 6) is 0.640. The van der Waals surface area contributed by atoms with Crippen LogP contribution in [-0.2, 0) is 17.6 Å². The molecule has 0 saturated heterocycles. The molecule has 1 atom stereocenters. The Kier molecular flexibility index (Phi) is 5.25. The fourth-order valence-corrected chi connectivity index (χ4v) is 4.07. The maximum absolute atomic E-state index is 13.0. The summed E-state index contributed by atoms with van der Waals surface area (Å²) >= 11 is 1.32. The van der Waals surface area contributed by atoms with E-state index in [0.29, 0.717) is 17.5 Å². The van der Waals surface area contributed by atoms with Gasteiger partial charge in [-0.15, -0.1) is 10.2 Å². The Balaban J connectivity index is 1.42. The molecule has 1 aliphatic rings. The molecule has 2 aromatic carbocycles. The van der Waals surface area contributed by atoms with Gasteiger partial charge < -0.3 is 9.32 Å². The fraction of sp³-hybridized carbons (Fsp3) is 0.286. The normalized spacial score (nSPS) is 14.6. The minimum absolute atomic E-state index is 0.0787. The zero-order chi connectivity index (χ0) is 18.6. The molecule has 1 aliphatic heterocycles. The standard InChI is InChI=1S/C21H21N3O2S/c1-15(20(25)24-13-7-11-17-10-5-6-12-18(17)24)27-21-23-22-19(26-21)14-16-8-3-2-4-9-16/h2-6,8-10,12,15H,7,11,13-14H2,1H3. The molecular formula is C21H21N3O2S. The van der Waals surface area contributed by atoms with Crippen molar-refractivity contribution in [1.29, 1.82) is 0 Å². The number of para-hydroxylation sites is 1. The average Bonchev–Trinajstić information content (AvgIpc) is 3.14. The molecule has 0 bridgehead atoms. The monoisotopic (exact) mass is 379 g/mol. The number of hydrogen-bond donors (Lipinski definition) is 0. The average molecular weight is 379 g/mol. The Bertz CT molecular complexity index is 926. The van der Waals surface area contributed by atoms with Crippen LogP contribution in [0.3, 0.4) is 0 Å². The lowest BCUT2D eigenvalue weighted by Crippen LogP contribution is -2.40. The molecule has 1 unspecified atom stereocenters. The third-order valence-corrected chi connectivity index (χ3v) is 5.57. The number of nitrogens with zero attached hydrogens (tertiary/aromatic N) is 3. The van der Waals surface area contributed by atoms with Gasteiger partial charge in [-0.3, -0.25) is 4.79 Å². The van der Waals surface area contributed by atoms with Crippen LogP contribution in [0.25, 0.3) is 0 Å². The summed E-state index contributed by atoms with van der Waals surface area (Å²) in [6, 6.07) is 18.1. The molecule has 0 fully saturated rings. The second-order valence-corrected chi connectivity index (χ2v) is 7.90. The van der Waals surface area contributed by atoms with E-state index in [9.17, 15) is 4.79 Å². The van der Waals surface area contributed by atoms with E-state index in [1.807, 2.05) is 60.4 Å². The first kappa shape index (κ1) is 17.8. The van der Waals surface area contributed by atoms with Gasteiger partial charge in [0.15, 0.2) is 0 Å². The Morgan fingerprint density at radius 3 is 2.78 bits per heavy atom. The van der Waals surface area contributed by atoms with E-state index in [-0.39, 0.29) is 11.2 Å². The Morgan fingerprint density at radius 1 is 1.15 bits per heavy atom. The first-order chi connectivity index (χ1) is 13.2. The Hall–Kier alpha value is -2.60. The van der Waals surface area contributed by atoms with Crippen molar-refractivity contribution in [1.82, 2.24) is 10.2 Å². The van der Waals surface area contributed by atoms with Crippen LogP contribution in [0.15, 0.2) is 64.2 Å². The topological polar surface area (TPSA) is 59.2 Å². The molecule has 0 N–H and O–H groups in total. The molecule has 6 heteroatoms. The quantitative estimate of drug-likeness (QED) is 0.624. The highest BCUT2D eigenvalue weighted by Crippen LogP contribution is 2.30. The number of thioether (sulfide) groups is 1. The van der Waals surface area contributed by atoms with Crippen LogP contribution in [0, 0.1) is 0 Å². The second-order valence-electron chi connectivity index (χ2n) is 6.61. The number of aromatic nitrogens is 2. The lowest BCUT2D eigenvalue weighted by atomic mass is 10.0. The minimum atomic E-state index is -0.291. The Labute approximate surface area is 162 Å². The zero-order valence-corrected chi connectivity index (χ0v) is 16.0. The van der Waals surface area contributed by atoms with E-state index >= 15 is 0 Å². The number of carbonyl (C=O) groups is 1. The van der Waals surface area contributed by atoms with Gasteiger partial charge >= 0.3 is 0 Å². The first-order valence-corrected chi connectivity index (χ1v) is 10.0. The van der Waals surface area contributed by atoms with Gasteiger partial charge in [0, 0.05) is 12.2 Å². The predicted octanol–water partition coefficient (Wildman–Crippen LogP) is 4.12. The van der Waals surface area contributed by atoms with E-state index in [1.54, 1.807) is 0 Å². The summed E-state index contributed by atoms with van der Waals surface area (Å²) in [6.07, 6.45) is 2.60. The molecule has 0 radical (unpaired) electrons. The highest BCUT2D eigenvalue weighted by molar-refractivity contribution is 8.00. The maximum Gasteiger partial charge on any atom is 0.277 e. The summed E-state index contributed by atoms with van der Waals surface area (Å²) < 4.78 is 5.74. The van der Waals surface area contributed by atoms with Gasteiger partial charge in [-0.2, -0.15) is 0 Å². The number of aryl methyl sites for hydroxylation is 1. The third-order valence-electron chi connectivity index (χ3n) is 4.65. The van der Waals surface area contributed by atoms with Crippen molar-refractivity contribution in [3.8, 4) is 0 Å². The number of anilines is 1. The molecule has 5 nitrogen and oxygen atoms in total. The molecule has 0 aliphatic carbocycles. The molecule has 4 rings (SSSR count). The summed E-state index contributed by atoms with van der Waals surface area (Å²) in [4.78, 5) is 14.9. The number of rotatable bonds is 5. The maximum atomic E-state index is 13.0. The molecule has 1 amide bonds. The van der Waals surface area contributed by atoms with Crippen molar-refractivity contribution in [2.24, 2.45) is 0 Å². The Morgan fingerprint density at radius 2 is 1.93 bits per heavy atom. The smallest absolute Gasteiger partial charge is 0.277 e. The van der Waals surface area contributed by atoms with Gasteiger partial charge in [-0.25, -0.2) is 0 Å². The summed E-state index contributed by atoms with van der Waals surface area (Å²) in [5, 5.41) is 8.36. The van der Waals surface area contributed by atoms with Crippen molar-refractivity contribution >= 4 is 23.4 Å². The van der Waals surface area contributed by atoms with Crippen LogP contribution in [0.1, 0.15) is 30.4 Å². The van der Waals surface area contributed by atoms with Crippen LogP contribution < -0.4 is 4.90 Å². The summed E-state index contributed by atoms with van der Waals surface area (Å²) in [5.41, 5.74) is 3.38. The summed E-state index contributed by atoms with van der Waals surface area (Å²) in [6.45, 7) is 2.65. The predicted molar refractivity (Wildman–Crippen MR) is 106 cm³/mol. The van der Waals surface area contributed by atoms with E-state index in [0.717, 1.165) is 30.6 Å². The van der Waals surface area contributed by atoms with Crippen molar-refractivity contribution in [3.63, 3.8) is 0 Å². The van der Waals surface area contributed by atoms with E-state index in [2.05, 4.69) is 16.3 Å². The number of carbonyl (C=O) groups excluding carboxylic acids is 1. The molecule has 0 saturated carbocycles. The largest absolute Gasteiger partial charge is 0.416 e. The van der Waals surface area contributed by atoms with Gasteiger partial charge in [0.25, 0.3) is 5.22 Å². The van der Waals surface area contributed by atoms with Gasteiger partial charge in [-0.1, -0.05) is 60.3 Å². The van der Waals surface area contributed by atoms with E-state index in [1.165, 1.54) is 17.3 Å². The first-order valence-electron chi connectivity index (χ1n) is 9.13. The molecule has 27 heavy (non-hydrogen) atoms. The highest BCUT2D eigenvalue weighted by atomic mass is 32.2. The fourth-order valence-electron chi connectivity index (χ4n) is 3.31. The summed E-state index contributed by atoms with van der Waals surface area (Å²) in [7, 11) is 0. The second kappa shape index (κ2) is 7.96. The molecular weight excluding hydrogens is 358 g/mol. The number of amides is 1. The van der Waals surface area contributed by atoms with Gasteiger partial charge in [0.1, 0.15) is 0 Å². The van der Waals surface area contributed by atoms with Crippen molar-refractivity contribution in [2.45, 2.75) is 36.7 Å². The van der Waals surface area contributed by atoms with Crippen LogP contribution in [0.4, 0.5) is 5.69 Å². The van der Waals surface area contributed by atoms with E-state index < -0.39 is 0 Å². The number of hydrogen-bond acceptors (Lipinski definition) is 5. The van der Waals surface area contributed by atoms with Crippen LogP contribution in [0.5, 0.6) is 0 Å². The van der Waals surface area contributed by atoms with Crippen LogP contribution in [-0.4, -0.2) is 27.9 Å².